The molecule has 1 aromatic heterocycles. The van der Waals surface area contributed by atoms with Crippen molar-refractivity contribution >= 4 is 29.9 Å². The minimum absolute atomic E-state index is 0. The van der Waals surface area contributed by atoms with Gasteiger partial charge in [-0.1, -0.05) is 41.9 Å². The van der Waals surface area contributed by atoms with Gasteiger partial charge in [-0.15, -0.1) is 12.4 Å². The number of rotatable bonds is 7. The molecular formula is C29H27Cl2F3N4O2. The van der Waals surface area contributed by atoms with Crippen molar-refractivity contribution in [2.75, 3.05) is 39.4 Å². The molecule has 210 valence electrons. The lowest BCUT2D eigenvalue weighted by Gasteiger charge is -2.26. The molecule has 0 aliphatic carbocycles. The molecule has 1 saturated heterocycles. The fraction of sp³-hybridized carbons (Fsp3) is 0.241. The maximum Gasteiger partial charge on any atom is 0.417 e. The summed E-state index contributed by atoms with van der Waals surface area (Å²) in [5, 5.41) is 7.89. The van der Waals surface area contributed by atoms with E-state index in [1.54, 1.807) is 54.6 Å². The summed E-state index contributed by atoms with van der Waals surface area (Å²) in [4.78, 5) is 14.9. The van der Waals surface area contributed by atoms with E-state index in [9.17, 15) is 18.0 Å². The molecule has 5 rings (SSSR count). The lowest BCUT2D eigenvalue weighted by Crippen LogP contribution is -2.41. The maximum atomic E-state index is 14.0. The highest BCUT2D eigenvalue weighted by molar-refractivity contribution is 6.30. The molecule has 1 aliphatic heterocycles. The molecule has 1 fully saturated rings. The standard InChI is InChI=1S/C29H26ClF3N4O2.ClH/c30-22-9-5-20(6-10-22)25-19-35-37(27(25)24-3-1-2-4-26(24)29(31,32)33)23-11-7-21(8-12-23)28(38)34-13-14-36-15-17-39-18-16-36;/h1-12,19H,13-18H2,(H,34,38);1H. The predicted molar refractivity (Wildman–Crippen MR) is 151 cm³/mol. The Morgan fingerprint density at radius 2 is 1.62 bits per heavy atom. The number of hydrogen-bond acceptors (Lipinski definition) is 4. The summed E-state index contributed by atoms with van der Waals surface area (Å²) in [5.74, 6) is -0.222. The molecule has 4 aromatic rings. The summed E-state index contributed by atoms with van der Waals surface area (Å²) >= 11 is 6.04. The number of benzene rings is 3. The molecule has 0 saturated carbocycles. The number of halogens is 5. The highest BCUT2D eigenvalue weighted by atomic mass is 35.5. The highest BCUT2D eigenvalue weighted by Gasteiger charge is 2.35. The number of nitrogens with zero attached hydrogens (tertiary/aromatic N) is 3. The van der Waals surface area contributed by atoms with Gasteiger partial charge in [0.2, 0.25) is 0 Å². The van der Waals surface area contributed by atoms with Crippen molar-refractivity contribution in [1.82, 2.24) is 20.0 Å². The van der Waals surface area contributed by atoms with Gasteiger partial charge in [0.05, 0.1) is 36.4 Å². The number of carbonyl (C=O) groups is 1. The molecule has 0 atom stereocenters. The van der Waals surface area contributed by atoms with Gasteiger partial charge in [-0.2, -0.15) is 18.3 Å². The van der Waals surface area contributed by atoms with Gasteiger partial charge in [0, 0.05) is 47.9 Å². The lowest BCUT2D eigenvalue weighted by atomic mass is 9.97. The van der Waals surface area contributed by atoms with Crippen molar-refractivity contribution in [2.24, 2.45) is 0 Å². The zero-order valence-corrected chi connectivity index (χ0v) is 22.9. The number of morpholine rings is 1. The Kier molecular flexibility index (Phi) is 9.52. The smallest absolute Gasteiger partial charge is 0.379 e. The third-order valence-electron chi connectivity index (χ3n) is 6.60. The van der Waals surface area contributed by atoms with Crippen LogP contribution in [-0.2, 0) is 10.9 Å². The molecule has 11 heteroatoms. The monoisotopic (exact) mass is 590 g/mol. The first-order chi connectivity index (χ1) is 18.8. The number of alkyl halides is 3. The van der Waals surface area contributed by atoms with E-state index in [1.807, 2.05) is 0 Å². The summed E-state index contributed by atoms with van der Waals surface area (Å²) in [6.07, 6.45) is -3.02. The third kappa shape index (κ3) is 6.67. The summed E-state index contributed by atoms with van der Waals surface area (Å²) in [6, 6.07) is 18.9. The van der Waals surface area contributed by atoms with E-state index in [1.165, 1.54) is 23.0 Å². The maximum absolute atomic E-state index is 14.0. The van der Waals surface area contributed by atoms with Crippen LogP contribution in [0.3, 0.4) is 0 Å². The van der Waals surface area contributed by atoms with Crippen molar-refractivity contribution in [3.05, 3.63) is 95.1 Å². The number of hydrogen-bond donors (Lipinski definition) is 1. The Labute approximate surface area is 241 Å². The second-order valence-corrected chi connectivity index (χ2v) is 9.56. The van der Waals surface area contributed by atoms with Crippen LogP contribution in [0.25, 0.3) is 28.1 Å². The molecule has 40 heavy (non-hydrogen) atoms. The Morgan fingerprint density at radius 1 is 0.950 bits per heavy atom. The second kappa shape index (κ2) is 12.9. The minimum Gasteiger partial charge on any atom is -0.379 e. The average Bonchev–Trinajstić information content (AvgIpc) is 3.39. The predicted octanol–water partition coefficient (Wildman–Crippen LogP) is 6.36. The molecule has 0 spiro atoms. The molecular weight excluding hydrogens is 564 g/mol. The molecule has 1 aliphatic rings. The van der Waals surface area contributed by atoms with E-state index in [0.717, 1.165) is 25.7 Å². The molecule has 3 aromatic carbocycles. The van der Waals surface area contributed by atoms with Crippen LogP contribution in [0.2, 0.25) is 5.02 Å². The number of aromatic nitrogens is 2. The van der Waals surface area contributed by atoms with Gasteiger partial charge in [-0.25, -0.2) is 4.68 Å². The van der Waals surface area contributed by atoms with Crippen molar-refractivity contribution in [3.63, 3.8) is 0 Å². The number of carbonyl (C=O) groups excluding carboxylic acids is 1. The molecule has 1 amide bonds. The molecule has 0 radical (unpaired) electrons. The summed E-state index contributed by atoms with van der Waals surface area (Å²) in [6.45, 7) is 4.30. The van der Waals surface area contributed by atoms with E-state index < -0.39 is 11.7 Å². The summed E-state index contributed by atoms with van der Waals surface area (Å²) in [7, 11) is 0. The van der Waals surface area contributed by atoms with Gasteiger partial charge in [-0.05, 0) is 48.0 Å². The molecule has 1 N–H and O–H groups in total. The van der Waals surface area contributed by atoms with E-state index >= 15 is 0 Å². The number of nitrogens with one attached hydrogen (secondary N) is 1. The zero-order chi connectivity index (χ0) is 27.4. The van der Waals surface area contributed by atoms with Gasteiger partial charge < -0.3 is 10.1 Å². The van der Waals surface area contributed by atoms with Crippen LogP contribution in [0.1, 0.15) is 15.9 Å². The van der Waals surface area contributed by atoms with Crippen LogP contribution in [-0.4, -0.2) is 60.0 Å². The van der Waals surface area contributed by atoms with Crippen LogP contribution in [0.5, 0.6) is 0 Å². The van der Waals surface area contributed by atoms with Crippen molar-refractivity contribution in [2.45, 2.75) is 6.18 Å². The molecule has 2 heterocycles. The molecule has 6 nitrogen and oxygen atoms in total. The van der Waals surface area contributed by atoms with E-state index in [0.29, 0.717) is 47.2 Å². The van der Waals surface area contributed by atoms with Gasteiger partial charge in [-0.3, -0.25) is 9.69 Å². The minimum atomic E-state index is -4.56. The van der Waals surface area contributed by atoms with E-state index in [-0.39, 0.29) is 29.6 Å². The van der Waals surface area contributed by atoms with Crippen LogP contribution in [0.15, 0.2) is 79.0 Å². The quantitative estimate of drug-likeness (QED) is 0.272. The van der Waals surface area contributed by atoms with Crippen molar-refractivity contribution < 1.29 is 22.7 Å². The zero-order valence-electron chi connectivity index (χ0n) is 21.3. The Morgan fingerprint density at radius 3 is 2.30 bits per heavy atom. The molecule has 0 unspecified atom stereocenters. The van der Waals surface area contributed by atoms with E-state index in [4.69, 9.17) is 16.3 Å². The van der Waals surface area contributed by atoms with Crippen LogP contribution in [0, 0.1) is 0 Å². The lowest BCUT2D eigenvalue weighted by molar-refractivity contribution is -0.137. The SMILES string of the molecule is Cl.O=C(NCCN1CCOCC1)c1ccc(-n2ncc(-c3ccc(Cl)cc3)c2-c2ccccc2C(F)(F)F)cc1. The Bertz CT molecular complexity index is 1440. The fourth-order valence-corrected chi connectivity index (χ4v) is 4.72. The van der Waals surface area contributed by atoms with Crippen molar-refractivity contribution in [1.29, 1.82) is 0 Å². The number of amides is 1. The first-order valence-corrected chi connectivity index (χ1v) is 12.9. The summed E-state index contributed by atoms with van der Waals surface area (Å²) in [5.41, 5.74) is 1.68. The first-order valence-electron chi connectivity index (χ1n) is 12.5. The van der Waals surface area contributed by atoms with Gasteiger partial charge in [0.15, 0.2) is 0 Å². The van der Waals surface area contributed by atoms with Gasteiger partial charge in [0.1, 0.15) is 0 Å². The highest BCUT2D eigenvalue weighted by Crippen LogP contribution is 2.41. The third-order valence-corrected chi connectivity index (χ3v) is 6.86. The van der Waals surface area contributed by atoms with E-state index in [2.05, 4.69) is 15.3 Å². The topological polar surface area (TPSA) is 59.4 Å². The normalized spacial score (nSPS) is 14.0. The average molecular weight is 591 g/mol. The van der Waals surface area contributed by atoms with Crippen molar-refractivity contribution in [3.8, 4) is 28.1 Å². The second-order valence-electron chi connectivity index (χ2n) is 9.13. The fourth-order valence-electron chi connectivity index (χ4n) is 4.59. The van der Waals surface area contributed by atoms with Crippen LogP contribution in [0.4, 0.5) is 13.2 Å². The first kappa shape index (κ1) is 29.6. The van der Waals surface area contributed by atoms with Crippen LogP contribution < -0.4 is 5.32 Å². The summed E-state index contributed by atoms with van der Waals surface area (Å²) < 4.78 is 48.9. The van der Waals surface area contributed by atoms with Gasteiger partial charge in [0.25, 0.3) is 5.91 Å². The largest absolute Gasteiger partial charge is 0.417 e. The Hall–Kier alpha value is -3.37. The van der Waals surface area contributed by atoms with Gasteiger partial charge >= 0.3 is 6.18 Å². The molecule has 0 bridgehead atoms. The van der Waals surface area contributed by atoms with Crippen LogP contribution >= 0.6 is 24.0 Å². The number of ether oxygens (including phenoxy) is 1. The Balaban J connectivity index is 0.00000370.